The van der Waals surface area contributed by atoms with Crippen molar-refractivity contribution in [1.82, 2.24) is 9.80 Å². The smallest absolute Gasteiger partial charge is 0.325 e. The Labute approximate surface area is 163 Å². The molecular weight excluding hydrogens is 363 g/mol. The lowest BCUT2D eigenvalue weighted by molar-refractivity contribution is -0.144. The minimum atomic E-state index is -0.951. The summed E-state index contributed by atoms with van der Waals surface area (Å²) in [4.78, 5) is 16.1. The molecule has 148 valence electrons. The van der Waals surface area contributed by atoms with Crippen LogP contribution in [0.25, 0.3) is 0 Å². The second-order valence-corrected chi connectivity index (χ2v) is 7.25. The molecule has 0 radical (unpaired) electrons. The van der Waals surface area contributed by atoms with Gasteiger partial charge in [-0.25, -0.2) is 4.39 Å². The number of ether oxygens (including phenoxy) is 2. The molecule has 1 fully saturated rings. The quantitative estimate of drug-likeness (QED) is 0.853. The third kappa shape index (κ3) is 3.81. The highest BCUT2D eigenvalue weighted by Crippen LogP contribution is 2.33. The minimum absolute atomic E-state index is 0.258. The lowest BCUT2D eigenvalue weighted by Gasteiger charge is -2.38. The third-order valence-electron chi connectivity index (χ3n) is 5.36. The molecule has 1 atom stereocenters. The van der Waals surface area contributed by atoms with Crippen LogP contribution in [0.1, 0.15) is 22.7 Å². The highest BCUT2D eigenvalue weighted by molar-refractivity contribution is 5.75. The van der Waals surface area contributed by atoms with Crippen molar-refractivity contribution in [2.24, 2.45) is 0 Å². The van der Waals surface area contributed by atoms with Gasteiger partial charge in [0.15, 0.2) is 11.5 Å². The number of rotatable bonds is 5. The number of hydrogen-bond donors (Lipinski definition) is 1. The van der Waals surface area contributed by atoms with Gasteiger partial charge in [0, 0.05) is 32.7 Å². The number of halogens is 1. The van der Waals surface area contributed by atoms with Crippen molar-refractivity contribution in [1.29, 1.82) is 0 Å². The van der Waals surface area contributed by atoms with Gasteiger partial charge in [-0.15, -0.1) is 0 Å². The lowest BCUT2D eigenvalue weighted by Crippen LogP contribution is -2.48. The Hall–Kier alpha value is -2.64. The predicted octanol–water partition coefficient (Wildman–Crippen LogP) is 2.81. The number of carboxylic acid groups (broad SMARTS) is 1. The summed E-state index contributed by atoms with van der Waals surface area (Å²) in [5.74, 6) is 0.212. The zero-order chi connectivity index (χ0) is 19.7. The molecule has 4 rings (SSSR count). The maximum Gasteiger partial charge on any atom is 0.325 e. The molecule has 0 bridgehead atoms. The van der Waals surface area contributed by atoms with Gasteiger partial charge in [-0.1, -0.05) is 18.2 Å². The number of carboxylic acids is 1. The highest BCUT2D eigenvalue weighted by Gasteiger charge is 2.30. The van der Waals surface area contributed by atoms with Crippen LogP contribution in [-0.4, -0.2) is 53.8 Å². The number of aryl methyl sites for hydroxylation is 1. The first kappa shape index (κ1) is 18.7. The van der Waals surface area contributed by atoms with Gasteiger partial charge in [0.2, 0.25) is 6.79 Å². The fourth-order valence-corrected chi connectivity index (χ4v) is 3.77. The van der Waals surface area contributed by atoms with Crippen LogP contribution in [0.3, 0.4) is 0 Å². The normalized spacial score (nSPS) is 18.2. The molecule has 7 heteroatoms. The van der Waals surface area contributed by atoms with Crippen molar-refractivity contribution in [3.05, 3.63) is 58.9 Å². The summed E-state index contributed by atoms with van der Waals surface area (Å²) >= 11 is 0. The number of carbonyl (C=O) groups is 1. The van der Waals surface area contributed by atoms with Crippen LogP contribution >= 0.6 is 0 Å². The van der Waals surface area contributed by atoms with Crippen molar-refractivity contribution in [3.8, 4) is 11.5 Å². The molecule has 0 saturated carbocycles. The van der Waals surface area contributed by atoms with E-state index in [1.165, 1.54) is 6.07 Å². The van der Waals surface area contributed by atoms with E-state index in [1.54, 1.807) is 19.1 Å². The first-order valence-electron chi connectivity index (χ1n) is 9.35. The van der Waals surface area contributed by atoms with Crippen LogP contribution in [0.4, 0.5) is 4.39 Å². The molecule has 2 aromatic rings. The van der Waals surface area contributed by atoms with Crippen LogP contribution in [0.5, 0.6) is 11.5 Å². The second kappa shape index (κ2) is 7.77. The molecule has 0 spiro atoms. The number of fused-ring (bicyclic) bond motifs is 1. The molecule has 2 aliphatic rings. The molecule has 2 aromatic carbocycles. The Morgan fingerprint density at radius 2 is 1.86 bits per heavy atom. The first-order chi connectivity index (χ1) is 13.5. The van der Waals surface area contributed by atoms with Crippen molar-refractivity contribution in [3.63, 3.8) is 0 Å². The van der Waals surface area contributed by atoms with Gasteiger partial charge < -0.3 is 14.6 Å². The summed E-state index contributed by atoms with van der Waals surface area (Å²) in [5, 5.41) is 9.73. The van der Waals surface area contributed by atoms with E-state index in [0.29, 0.717) is 24.2 Å². The van der Waals surface area contributed by atoms with Crippen LogP contribution < -0.4 is 9.47 Å². The molecule has 1 N–H and O–H groups in total. The summed E-state index contributed by atoms with van der Waals surface area (Å²) in [6.45, 7) is 5.39. The van der Waals surface area contributed by atoms with Crippen molar-refractivity contribution in [2.45, 2.75) is 19.5 Å². The average molecular weight is 386 g/mol. The number of aliphatic carboxylic acids is 1. The maximum atomic E-state index is 13.9. The van der Waals surface area contributed by atoms with Gasteiger partial charge in [-0.3, -0.25) is 14.6 Å². The van der Waals surface area contributed by atoms with E-state index in [9.17, 15) is 14.3 Å². The molecule has 2 aliphatic heterocycles. The molecule has 0 amide bonds. The molecule has 0 aliphatic carbocycles. The standard InChI is InChI=1S/C21H23FN2O4/c1-14-2-4-16(11-17(14)22)20(21(25)26)24-8-6-23(7-9-24)12-15-3-5-18-19(10-15)28-13-27-18/h2-5,10-11,20H,6-9,12-13H2,1H3,(H,25,26). The fraction of sp³-hybridized carbons (Fsp3) is 0.381. The largest absolute Gasteiger partial charge is 0.480 e. The van der Waals surface area contributed by atoms with E-state index >= 15 is 0 Å². The lowest BCUT2D eigenvalue weighted by atomic mass is 10.0. The first-order valence-corrected chi connectivity index (χ1v) is 9.35. The van der Waals surface area contributed by atoms with Gasteiger partial charge in [-0.05, 0) is 41.8 Å². The topological polar surface area (TPSA) is 62.2 Å². The van der Waals surface area contributed by atoms with E-state index < -0.39 is 12.0 Å². The van der Waals surface area contributed by atoms with Crippen LogP contribution in [0.2, 0.25) is 0 Å². The van der Waals surface area contributed by atoms with E-state index in [1.807, 2.05) is 23.1 Å². The van der Waals surface area contributed by atoms with Gasteiger partial charge in [0.25, 0.3) is 0 Å². The summed E-state index contributed by atoms with van der Waals surface area (Å²) in [6.07, 6.45) is 0. The van der Waals surface area contributed by atoms with Gasteiger partial charge in [0.05, 0.1) is 0 Å². The highest BCUT2D eigenvalue weighted by atomic mass is 19.1. The van der Waals surface area contributed by atoms with Gasteiger partial charge >= 0.3 is 5.97 Å². The molecule has 0 aromatic heterocycles. The molecule has 2 heterocycles. The number of hydrogen-bond acceptors (Lipinski definition) is 5. The summed E-state index contributed by atoms with van der Waals surface area (Å²) in [7, 11) is 0. The Kier molecular flexibility index (Phi) is 5.19. The predicted molar refractivity (Wildman–Crippen MR) is 101 cm³/mol. The second-order valence-electron chi connectivity index (χ2n) is 7.25. The van der Waals surface area contributed by atoms with Gasteiger partial charge in [-0.2, -0.15) is 0 Å². The monoisotopic (exact) mass is 386 g/mol. The molecule has 28 heavy (non-hydrogen) atoms. The Morgan fingerprint density at radius 3 is 2.57 bits per heavy atom. The Morgan fingerprint density at radius 1 is 1.11 bits per heavy atom. The Balaban J connectivity index is 1.40. The van der Waals surface area contributed by atoms with Crippen LogP contribution in [0, 0.1) is 12.7 Å². The summed E-state index contributed by atoms with van der Waals surface area (Å²) in [6, 6.07) is 9.78. The summed E-state index contributed by atoms with van der Waals surface area (Å²) in [5.41, 5.74) is 2.13. The number of nitrogens with zero attached hydrogens (tertiary/aromatic N) is 2. The molecule has 1 saturated heterocycles. The number of piperazine rings is 1. The van der Waals surface area contributed by atoms with Crippen LogP contribution in [-0.2, 0) is 11.3 Å². The third-order valence-corrected chi connectivity index (χ3v) is 5.36. The molecular formula is C21H23FN2O4. The molecule has 6 nitrogen and oxygen atoms in total. The van der Waals surface area contributed by atoms with E-state index in [0.717, 1.165) is 36.7 Å². The number of benzene rings is 2. The fourth-order valence-electron chi connectivity index (χ4n) is 3.77. The Bertz CT molecular complexity index is 881. The van der Waals surface area contributed by atoms with E-state index in [-0.39, 0.29) is 12.6 Å². The summed E-state index contributed by atoms with van der Waals surface area (Å²) < 4.78 is 24.7. The zero-order valence-electron chi connectivity index (χ0n) is 15.7. The van der Waals surface area contributed by atoms with Gasteiger partial charge in [0.1, 0.15) is 11.9 Å². The maximum absolute atomic E-state index is 13.9. The van der Waals surface area contributed by atoms with Crippen molar-refractivity contribution < 1.29 is 23.8 Å². The van der Waals surface area contributed by atoms with Crippen LogP contribution in [0.15, 0.2) is 36.4 Å². The molecule has 1 unspecified atom stereocenters. The average Bonchev–Trinajstić information content (AvgIpc) is 3.14. The van der Waals surface area contributed by atoms with E-state index in [2.05, 4.69) is 4.90 Å². The van der Waals surface area contributed by atoms with Crippen molar-refractivity contribution >= 4 is 5.97 Å². The van der Waals surface area contributed by atoms with E-state index in [4.69, 9.17) is 9.47 Å². The van der Waals surface area contributed by atoms with Crippen molar-refractivity contribution in [2.75, 3.05) is 33.0 Å². The zero-order valence-corrected chi connectivity index (χ0v) is 15.7. The SMILES string of the molecule is Cc1ccc(C(C(=O)O)N2CCN(Cc3ccc4c(c3)OCO4)CC2)cc1F. The minimum Gasteiger partial charge on any atom is -0.480 e.